The van der Waals surface area contributed by atoms with E-state index >= 15 is 0 Å². The van der Waals surface area contributed by atoms with Gasteiger partial charge in [-0.3, -0.25) is 0 Å². The first kappa shape index (κ1) is 11.4. The van der Waals surface area contributed by atoms with E-state index in [4.69, 9.17) is 10.7 Å². The molecule has 1 aliphatic heterocycles. The molecule has 96 valence electrons. The molecule has 0 aromatic rings. The lowest BCUT2D eigenvalue weighted by Crippen LogP contribution is -2.42. The number of guanidine groups is 1. The van der Waals surface area contributed by atoms with Crippen molar-refractivity contribution in [1.82, 2.24) is 4.90 Å². The predicted octanol–water partition coefficient (Wildman–Crippen LogP) is 2.37. The summed E-state index contributed by atoms with van der Waals surface area (Å²) in [7, 11) is 0. The first-order valence-electron chi connectivity index (χ1n) is 7.28. The van der Waals surface area contributed by atoms with E-state index in [0.717, 1.165) is 25.0 Å². The molecule has 3 aliphatic rings. The molecule has 0 radical (unpaired) electrons. The average molecular weight is 235 g/mol. The van der Waals surface area contributed by atoms with Crippen molar-refractivity contribution in [2.45, 2.75) is 57.9 Å². The number of hydrogen-bond acceptors (Lipinski definition) is 1. The second-order valence-electron chi connectivity index (χ2n) is 6.45. The van der Waals surface area contributed by atoms with Crippen LogP contribution in [0, 0.1) is 11.3 Å². The highest BCUT2D eigenvalue weighted by Gasteiger charge is 2.55. The second-order valence-corrected chi connectivity index (χ2v) is 6.45. The van der Waals surface area contributed by atoms with Gasteiger partial charge in [-0.1, -0.05) is 19.8 Å². The molecule has 1 atom stereocenters. The molecule has 0 bridgehead atoms. The Hall–Kier alpha value is -0.730. The predicted molar refractivity (Wildman–Crippen MR) is 70.9 cm³/mol. The summed E-state index contributed by atoms with van der Waals surface area (Å²) in [4.78, 5) is 7.09. The lowest BCUT2D eigenvalue weighted by molar-refractivity contribution is 0.277. The third kappa shape index (κ3) is 2.16. The fourth-order valence-electron chi connectivity index (χ4n) is 3.60. The third-order valence-electron chi connectivity index (χ3n) is 5.14. The van der Waals surface area contributed by atoms with Gasteiger partial charge >= 0.3 is 0 Å². The fraction of sp³-hybridized carbons (Fsp3) is 0.929. The quantitative estimate of drug-likeness (QED) is 0.560. The largest absolute Gasteiger partial charge is 0.370 e. The zero-order valence-electron chi connectivity index (χ0n) is 11.0. The van der Waals surface area contributed by atoms with Gasteiger partial charge in [0.15, 0.2) is 5.96 Å². The molecule has 2 saturated carbocycles. The van der Waals surface area contributed by atoms with Crippen LogP contribution in [0.4, 0.5) is 0 Å². The van der Waals surface area contributed by atoms with Gasteiger partial charge in [0.05, 0.1) is 6.04 Å². The van der Waals surface area contributed by atoms with Crippen LogP contribution in [0.25, 0.3) is 0 Å². The maximum Gasteiger partial charge on any atom is 0.191 e. The van der Waals surface area contributed by atoms with Crippen molar-refractivity contribution < 1.29 is 0 Å². The van der Waals surface area contributed by atoms with E-state index in [2.05, 4.69) is 11.8 Å². The first-order chi connectivity index (χ1) is 8.20. The maximum atomic E-state index is 6.16. The lowest BCUT2D eigenvalue weighted by Gasteiger charge is -2.31. The van der Waals surface area contributed by atoms with Gasteiger partial charge in [-0.05, 0) is 43.4 Å². The Morgan fingerprint density at radius 1 is 1.24 bits per heavy atom. The highest BCUT2D eigenvalue weighted by atomic mass is 15.3. The Morgan fingerprint density at radius 3 is 2.53 bits per heavy atom. The van der Waals surface area contributed by atoms with Gasteiger partial charge in [-0.2, -0.15) is 0 Å². The molecule has 0 aromatic heterocycles. The van der Waals surface area contributed by atoms with Gasteiger partial charge in [0.1, 0.15) is 0 Å². The average Bonchev–Trinajstić information content (AvgIpc) is 2.75. The van der Waals surface area contributed by atoms with E-state index in [1.165, 1.54) is 44.9 Å². The lowest BCUT2D eigenvalue weighted by atomic mass is 10.00. The normalized spacial score (nSPS) is 33.4. The number of piperidine rings is 1. The van der Waals surface area contributed by atoms with Crippen LogP contribution in [0.15, 0.2) is 4.99 Å². The van der Waals surface area contributed by atoms with Crippen molar-refractivity contribution in [2.24, 2.45) is 22.1 Å². The Bertz CT molecular complexity index is 309. The summed E-state index contributed by atoms with van der Waals surface area (Å²) in [6.45, 7) is 4.55. The molecule has 3 heteroatoms. The van der Waals surface area contributed by atoms with E-state index in [0.29, 0.717) is 11.5 Å². The fourth-order valence-corrected chi connectivity index (χ4v) is 3.60. The standard InChI is InChI=1S/C14H25N3/c1-11-4-8-17(9-5-11)13(15)16-12-10-14(12)6-2-3-7-14/h11-12H,2-10H2,1H3,(H2,15,16). The first-order valence-corrected chi connectivity index (χ1v) is 7.28. The molecule has 1 spiro atoms. The summed E-state index contributed by atoms with van der Waals surface area (Å²) in [6, 6.07) is 0.560. The van der Waals surface area contributed by atoms with Crippen LogP contribution >= 0.6 is 0 Å². The highest BCUT2D eigenvalue weighted by molar-refractivity contribution is 5.78. The topological polar surface area (TPSA) is 41.6 Å². The van der Waals surface area contributed by atoms with E-state index in [1.807, 2.05) is 0 Å². The van der Waals surface area contributed by atoms with Crippen molar-refractivity contribution in [3.05, 3.63) is 0 Å². The number of rotatable bonds is 1. The highest BCUT2D eigenvalue weighted by Crippen LogP contribution is 2.59. The Labute approximate surface area is 104 Å². The molecule has 2 aliphatic carbocycles. The molecule has 3 rings (SSSR count). The SMILES string of the molecule is CC1CCN(C(N)=NC2CC23CCCC3)CC1. The van der Waals surface area contributed by atoms with Gasteiger partial charge < -0.3 is 10.6 Å². The summed E-state index contributed by atoms with van der Waals surface area (Å²) in [6.07, 6.45) is 9.45. The summed E-state index contributed by atoms with van der Waals surface area (Å²) < 4.78 is 0. The maximum absolute atomic E-state index is 6.16. The number of nitrogens with zero attached hydrogens (tertiary/aromatic N) is 2. The molecular weight excluding hydrogens is 210 g/mol. The Balaban J connectivity index is 1.57. The minimum atomic E-state index is 0.560. The minimum Gasteiger partial charge on any atom is -0.370 e. The summed E-state index contributed by atoms with van der Waals surface area (Å²) in [5, 5.41) is 0. The van der Waals surface area contributed by atoms with Crippen LogP contribution in [0.2, 0.25) is 0 Å². The summed E-state index contributed by atoms with van der Waals surface area (Å²) in [5.41, 5.74) is 6.75. The van der Waals surface area contributed by atoms with Crippen LogP contribution < -0.4 is 5.73 Å². The molecule has 17 heavy (non-hydrogen) atoms. The molecule has 1 unspecified atom stereocenters. The number of nitrogens with two attached hydrogens (primary N) is 1. The monoisotopic (exact) mass is 235 g/mol. The van der Waals surface area contributed by atoms with E-state index in [9.17, 15) is 0 Å². The van der Waals surface area contributed by atoms with E-state index in [1.54, 1.807) is 0 Å². The van der Waals surface area contributed by atoms with Crippen LogP contribution in [-0.2, 0) is 0 Å². The summed E-state index contributed by atoms with van der Waals surface area (Å²) in [5.74, 6) is 1.69. The molecule has 0 amide bonds. The van der Waals surface area contributed by atoms with E-state index < -0.39 is 0 Å². The molecule has 1 heterocycles. The Kier molecular flexibility index (Phi) is 2.80. The van der Waals surface area contributed by atoms with Gasteiger partial charge in [0.25, 0.3) is 0 Å². The Morgan fingerprint density at radius 2 is 1.88 bits per heavy atom. The molecule has 3 fully saturated rings. The van der Waals surface area contributed by atoms with E-state index in [-0.39, 0.29) is 0 Å². The van der Waals surface area contributed by atoms with Crippen molar-refractivity contribution in [2.75, 3.05) is 13.1 Å². The number of aliphatic imine (C=N–C) groups is 1. The summed E-state index contributed by atoms with van der Waals surface area (Å²) >= 11 is 0. The molecule has 1 saturated heterocycles. The van der Waals surface area contributed by atoms with Crippen LogP contribution in [-0.4, -0.2) is 30.0 Å². The van der Waals surface area contributed by atoms with Gasteiger partial charge in [-0.25, -0.2) is 4.99 Å². The number of hydrogen-bond donors (Lipinski definition) is 1. The van der Waals surface area contributed by atoms with Crippen LogP contribution in [0.3, 0.4) is 0 Å². The van der Waals surface area contributed by atoms with Crippen molar-refractivity contribution in [3.63, 3.8) is 0 Å². The molecule has 3 nitrogen and oxygen atoms in total. The molecule has 0 aromatic carbocycles. The van der Waals surface area contributed by atoms with Crippen LogP contribution in [0.1, 0.15) is 51.9 Å². The van der Waals surface area contributed by atoms with Gasteiger partial charge in [0.2, 0.25) is 0 Å². The third-order valence-corrected chi connectivity index (χ3v) is 5.14. The molecular formula is C14H25N3. The van der Waals surface area contributed by atoms with Crippen molar-refractivity contribution in [3.8, 4) is 0 Å². The number of likely N-dealkylation sites (tertiary alicyclic amines) is 1. The van der Waals surface area contributed by atoms with Crippen molar-refractivity contribution in [1.29, 1.82) is 0 Å². The van der Waals surface area contributed by atoms with Gasteiger partial charge in [-0.15, -0.1) is 0 Å². The second kappa shape index (κ2) is 4.18. The zero-order chi connectivity index (χ0) is 11.9. The van der Waals surface area contributed by atoms with Gasteiger partial charge in [0, 0.05) is 13.1 Å². The van der Waals surface area contributed by atoms with Crippen molar-refractivity contribution >= 4 is 5.96 Å². The van der Waals surface area contributed by atoms with Crippen LogP contribution in [0.5, 0.6) is 0 Å². The zero-order valence-corrected chi connectivity index (χ0v) is 11.0. The molecule has 2 N–H and O–H groups in total. The smallest absolute Gasteiger partial charge is 0.191 e. The minimum absolute atomic E-state index is 0.560.